The first kappa shape index (κ1) is 15.3. The van der Waals surface area contributed by atoms with Crippen LogP contribution in [0.1, 0.15) is 12.5 Å². The lowest BCUT2D eigenvalue weighted by Crippen LogP contribution is -2.42. The van der Waals surface area contributed by atoms with Gasteiger partial charge in [0.25, 0.3) is 0 Å². The molecule has 1 atom stereocenters. The minimum absolute atomic E-state index is 0.000471. The van der Waals surface area contributed by atoms with Crippen molar-refractivity contribution in [1.82, 2.24) is 10.6 Å². The number of amides is 1. The van der Waals surface area contributed by atoms with Gasteiger partial charge in [-0.05, 0) is 13.0 Å². The van der Waals surface area contributed by atoms with Crippen molar-refractivity contribution in [2.75, 3.05) is 20.3 Å². The standard InChI is InChI=1S/C13H20N2O4/c1-9(13(18)14-5-6-19-2)15-8-10-3-4-11(16)7-12(10)17/h3-4,7,9,15-17H,5-6,8H2,1-2H3,(H,14,18). The van der Waals surface area contributed by atoms with Crippen molar-refractivity contribution in [1.29, 1.82) is 0 Å². The van der Waals surface area contributed by atoms with Crippen LogP contribution in [0.5, 0.6) is 11.5 Å². The first-order chi connectivity index (χ1) is 9.04. The van der Waals surface area contributed by atoms with Crippen LogP contribution < -0.4 is 10.6 Å². The summed E-state index contributed by atoms with van der Waals surface area (Å²) >= 11 is 0. The Morgan fingerprint density at radius 3 is 2.79 bits per heavy atom. The molecule has 1 rings (SSSR count). The fourth-order valence-electron chi connectivity index (χ4n) is 1.49. The number of aromatic hydroxyl groups is 2. The molecule has 0 radical (unpaired) electrons. The summed E-state index contributed by atoms with van der Waals surface area (Å²) in [6.07, 6.45) is 0. The molecule has 4 N–H and O–H groups in total. The normalized spacial score (nSPS) is 12.1. The molecule has 6 nitrogen and oxygen atoms in total. The lowest BCUT2D eigenvalue weighted by atomic mass is 10.2. The van der Waals surface area contributed by atoms with E-state index < -0.39 is 0 Å². The van der Waals surface area contributed by atoms with Gasteiger partial charge in [-0.15, -0.1) is 0 Å². The van der Waals surface area contributed by atoms with Crippen LogP contribution in [-0.4, -0.2) is 42.4 Å². The molecule has 106 valence electrons. The Bertz CT molecular complexity index is 423. The fraction of sp³-hybridized carbons (Fsp3) is 0.462. The molecule has 6 heteroatoms. The Labute approximate surface area is 112 Å². The van der Waals surface area contributed by atoms with E-state index in [1.54, 1.807) is 20.1 Å². The van der Waals surface area contributed by atoms with Crippen molar-refractivity contribution in [3.05, 3.63) is 23.8 Å². The molecule has 0 saturated carbocycles. The largest absolute Gasteiger partial charge is 0.508 e. The van der Waals surface area contributed by atoms with Gasteiger partial charge in [0, 0.05) is 31.8 Å². The van der Waals surface area contributed by atoms with Crippen LogP contribution in [0.15, 0.2) is 18.2 Å². The minimum atomic E-state index is -0.384. The van der Waals surface area contributed by atoms with Crippen LogP contribution in [0.2, 0.25) is 0 Å². The van der Waals surface area contributed by atoms with Crippen LogP contribution in [0.25, 0.3) is 0 Å². The van der Waals surface area contributed by atoms with Crippen molar-refractivity contribution in [3.8, 4) is 11.5 Å². The van der Waals surface area contributed by atoms with E-state index in [-0.39, 0.29) is 23.4 Å². The molecular formula is C13H20N2O4. The third-order valence-electron chi connectivity index (χ3n) is 2.67. The topological polar surface area (TPSA) is 90.8 Å². The summed E-state index contributed by atoms with van der Waals surface area (Å²) in [5, 5.41) is 24.5. The van der Waals surface area contributed by atoms with Gasteiger partial charge in [-0.3, -0.25) is 4.79 Å². The zero-order chi connectivity index (χ0) is 14.3. The minimum Gasteiger partial charge on any atom is -0.508 e. The summed E-state index contributed by atoms with van der Waals surface area (Å²) in [5.41, 5.74) is 0.620. The summed E-state index contributed by atoms with van der Waals surface area (Å²) in [6.45, 7) is 3.01. The number of phenolic OH excluding ortho intramolecular Hbond substituents is 2. The van der Waals surface area contributed by atoms with E-state index in [9.17, 15) is 9.90 Å². The molecule has 0 aliphatic carbocycles. The lowest BCUT2D eigenvalue weighted by Gasteiger charge is -2.14. The molecule has 0 bridgehead atoms. The zero-order valence-electron chi connectivity index (χ0n) is 11.1. The zero-order valence-corrected chi connectivity index (χ0v) is 11.1. The number of hydrogen-bond acceptors (Lipinski definition) is 5. The molecule has 0 aromatic heterocycles. The third-order valence-corrected chi connectivity index (χ3v) is 2.67. The highest BCUT2D eigenvalue weighted by molar-refractivity contribution is 5.81. The Morgan fingerprint density at radius 2 is 2.16 bits per heavy atom. The van der Waals surface area contributed by atoms with E-state index in [2.05, 4.69) is 10.6 Å². The SMILES string of the molecule is COCCNC(=O)C(C)NCc1ccc(O)cc1O. The van der Waals surface area contributed by atoms with E-state index in [0.717, 1.165) is 0 Å². The van der Waals surface area contributed by atoms with Crippen LogP contribution in [-0.2, 0) is 16.1 Å². The van der Waals surface area contributed by atoms with Crippen molar-refractivity contribution >= 4 is 5.91 Å². The van der Waals surface area contributed by atoms with Crippen molar-refractivity contribution in [2.45, 2.75) is 19.5 Å². The molecule has 1 amide bonds. The first-order valence-corrected chi connectivity index (χ1v) is 6.05. The average molecular weight is 268 g/mol. The Morgan fingerprint density at radius 1 is 1.42 bits per heavy atom. The van der Waals surface area contributed by atoms with E-state index in [0.29, 0.717) is 25.3 Å². The van der Waals surface area contributed by atoms with Crippen molar-refractivity contribution in [3.63, 3.8) is 0 Å². The molecule has 1 aromatic rings. The highest BCUT2D eigenvalue weighted by Gasteiger charge is 2.12. The van der Waals surface area contributed by atoms with Crippen LogP contribution in [0.4, 0.5) is 0 Å². The molecular weight excluding hydrogens is 248 g/mol. The quantitative estimate of drug-likeness (QED) is 0.535. The predicted molar refractivity (Wildman–Crippen MR) is 71.0 cm³/mol. The van der Waals surface area contributed by atoms with Crippen molar-refractivity contribution < 1.29 is 19.7 Å². The first-order valence-electron chi connectivity index (χ1n) is 6.05. The maximum Gasteiger partial charge on any atom is 0.236 e. The Hall–Kier alpha value is -1.79. The molecule has 1 aromatic carbocycles. The molecule has 0 aliphatic rings. The van der Waals surface area contributed by atoms with Crippen LogP contribution in [0, 0.1) is 0 Å². The second kappa shape index (κ2) is 7.60. The van der Waals surface area contributed by atoms with E-state index in [1.165, 1.54) is 12.1 Å². The number of phenols is 2. The highest BCUT2D eigenvalue weighted by Crippen LogP contribution is 2.22. The lowest BCUT2D eigenvalue weighted by molar-refractivity contribution is -0.123. The molecule has 0 aliphatic heterocycles. The van der Waals surface area contributed by atoms with Gasteiger partial charge in [0.15, 0.2) is 0 Å². The summed E-state index contributed by atoms with van der Waals surface area (Å²) in [5.74, 6) is -0.124. The van der Waals surface area contributed by atoms with Gasteiger partial charge < -0.3 is 25.6 Å². The number of hydrogen-bond donors (Lipinski definition) is 4. The van der Waals surface area contributed by atoms with Crippen LogP contribution in [0.3, 0.4) is 0 Å². The van der Waals surface area contributed by atoms with Gasteiger partial charge in [-0.2, -0.15) is 0 Å². The predicted octanol–water partition coefficient (Wildman–Crippen LogP) is 0.339. The maximum atomic E-state index is 11.6. The Balaban J connectivity index is 2.40. The number of carbonyl (C=O) groups is 1. The molecule has 1 unspecified atom stereocenters. The second-order valence-corrected chi connectivity index (χ2v) is 4.20. The van der Waals surface area contributed by atoms with Crippen molar-refractivity contribution in [2.24, 2.45) is 0 Å². The summed E-state index contributed by atoms with van der Waals surface area (Å²) in [7, 11) is 1.57. The average Bonchev–Trinajstić information content (AvgIpc) is 2.37. The monoisotopic (exact) mass is 268 g/mol. The summed E-state index contributed by atoms with van der Waals surface area (Å²) in [4.78, 5) is 11.6. The molecule has 0 saturated heterocycles. The number of ether oxygens (including phenoxy) is 1. The van der Waals surface area contributed by atoms with E-state index in [1.807, 2.05) is 0 Å². The van der Waals surface area contributed by atoms with Crippen LogP contribution >= 0.6 is 0 Å². The van der Waals surface area contributed by atoms with Gasteiger partial charge in [0.2, 0.25) is 5.91 Å². The maximum absolute atomic E-state index is 11.6. The van der Waals surface area contributed by atoms with Gasteiger partial charge in [-0.25, -0.2) is 0 Å². The number of methoxy groups -OCH3 is 1. The molecule has 0 spiro atoms. The smallest absolute Gasteiger partial charge is 0.236 e. The van der Waals surface area contributed by atoms with Gasteiger partial charge in [-0.1, -0.05) is 6.07 Å². The second-order valence-electron chi connectivity index (χ2n) is 4.20. The van der Waals surface area contributed by atoms with E-state index in [4.69, 9.17) is 9.84 Å². The highest BCUT2D eigenvalue weighted by atomic mass is 16.5. The van der Waals surface area contributed by atoms with E-state index >= 15 is 0 Å². The van der Waals surface area contributed by atoms with Gasteiger partial charge in [0.05, 0.1) is 12.6 Å². The summed E-state index contributed by atoms with van der Waals surface area (Å²) < 4.78 is 4.84. The van der Waals surface area contributed by atoms with Gasteiger partial charge in [0.1, 0.15) is 11.5 Å². The Kier molecular flexibility index (Phi) is 6.11. The molecule has 0 fully saturated rings. The number of benzene rings is 1. The summed E-state index contributed by atoms with van der Waals surface area (Å²) in [6, 6.07) is 3.97. The third kappa shape index (κ3) is 5.15. The number of carbonyl (C=O) groups excluding carboxylic acids is 1. The molecule has 0 heterocycles. The van der Waals surface area contributed by atoms with Gasteiger partial charge >= 0.3 is 0 Å². The number of rotatable bonds is 7. The number of nitrogens with one attached hydrogen (secondary N) is 2. The fourth-order valence-corrected chi connectivity index (χ4v) is 1.49. The molecule has 19 heavy (non-hydrogen) atoms.